The van der Waals surface area contributed by atoms with E-state index in [4.69, 9.17) is 0 Å². The van der Waals surface area contributed by atoms with Crippen LogP contribution in [-0.4, -0.2) is 16.3 Å². The third-order valence-corrected chi connectivity index (χ3v) is 4.20. The molecular formula is C10H22S2. The summed E-state index contributed by atoms with van der Waals surface area (Å²) in [6.45, 7) is 6.79. The van der Waals surface area contributed by atoms with E-state index in [-0.39, 0.29) is 0 Å². The zero-order valence-electron chi connectivity index (χ0n) is 8.55. The highest BCUT2D eigenvalue weighted by Crippen LogP contribution is 2.20. The van der Waals surface area contributed by atoms with Gasteiger partial charge in [0.2, 0.25) is 0 Å². The smallest absolute Gasteiger partial charge is 0.0105 e. The number of unbranched alkanes of at least 4 members (excludes halogenated alkanes) is 1. The maximum Gasteiger partial charge on any atom is 0.0105 e. The van der Waals surface area contributed by atoms with E-state index in [9.17, 15) is 0 Å². The minimum Gasteiger partial charge on any atom is -0.175 e. The third-order valence-electron chi connectivity index (χ3n) is 2.01. The monoisotopic (exact) mass is 206 g/mol. The Kier molecular flexibility index (Phi) is 8.79. The molecule has 0 saturated carbocycles. The van der Waals surface area contributed by atoms with E-state index in [0.717, 1.165) is 5.25 Å². The Morgan fingerprint density at radius 2 is 2.00 bits per heavy atom. The van der Waals surface area contributed by atoms with Gasteiger partial charge in [-0.15, -0.1) is 0 Å². The van der Waals surface area contributed by atoms with E-state index >= 15 is 0 Å². The maximum atomic E-state index is 4.47. The molecule has 2 heteroatoms. The van der Waals surface area contributed by atoms with Crippen molar-refractivity contribution in [1.29, 1.82) is 0 Å². The Bertz CT molecular complexity index is 93.8. The molecule has 0 aromatic rings. The van der Waals surface area contributed by atoms with E-state index in [1.165, 1.54) is 31.4 Å². The average molecular weight is 206 g/mol. The van der Waals surface area contributed by atoms with Crippen LogP contribution in [-0.2, 0) is 0 Å². The Morgan fingerprint density at radius 1 is 1.33 bits per heavy atom. The largest absolute Gasteiger partial charge is 0.175 e. The first-order valence-electron chi connectivity index (χ1n) is 5.00. The second-order valence-electron chi connectivity index (χ2n) is 3.35. The van der Waals surface area contributed by atoms with Crippen LogP contribution >= 0.6 is 24.4 Å². The van der Waals surface area contributed by atoms with E-state index in [2.05, 4.69) is 45.2 Å². The Hall–Kier alpha value is 0.700. The Morgan fingerprint density at radius 3 is 2.50 bits per heavy atom. The van der Waals surface area contributed by atoms with Crippen molar-refractivity contribution in [2.75, 3.05) is 5.75 Å². The van der Waals surface area contributed by atoms with E-state index in [0.29, 0.717) is 5.25 Å². The lowest BCUT2D eigenvalue weighted by atomic mass is 10.2. The maximum absolute atomic E-state index is 4.47. The van der Waals surface area contributed by atoms with Gasteiger partial charge in [0.1, 0.15) is 0 Å². The molecule has 0 bridgehead atoms. The lowest BCUT2D eigenvalue weighted by Crippen LogP contribution is -2.05. The van der Waals surface area contributed by atoms with Crippen LogP contribution in [0.1, 0.15) is 46.5 Å². The fourth-order valence-electron chi connectivity index (χ4n) is 0.968. The predicted octanol–water partition coefficient (Wildman–Crippen LogP) is 4.01. The average Bonchev–Trinajstić information content (AvgIpc) is 2.10. The lowest BCUT2D eigenvalue weighted by molar-refractivity contribution is 0.712. The van der Waals surface area contributed by atoms with E-state index < -0.39 is 0 Å². The summed E-state index contributed by atoms with van der Waals surface area (Å²) in [5, 5.41) is 1.42. The molecule has 0 nitrogen and oxygen atoms in total. The quantitative estimate of drug-likeness (QED) is 0.614. The highest BCUT2D eigenvalue weighted by molar-refractivity contribution is 8.00. The van der Waals surface area contributed by atoms with Crippen LogP contribution in [0.25, 0.3) is 0 Å². The van der Waals surface area contributed by atoms with E-state index in [1.807, 2.05) is 0 Å². The van der Waals surface area contributed by atoms with Gasteiger partial charge in [-0.25, -0.2) is 0 Å². The topological polar surface area (TPSA) is 0 Å². The third kappa shape index (κ3) is 7.35. The molecule has 74 valence electrons. The van der Waals surface area contributed by atoms with Crippen molar-refractivity contribution >= 4 is 24.4 Å². The molecule has 0 aliphatic rings. The molecule has 0 N–H and O–H groups in total. The van der Waals surface area contributed by atoms with Gasteiger partial charge in [-0.05, 0) is 12.8 Å². The fraction of sp³-hybridized carbons (Fsp3) is 1.00. The van der Waals surface area contributed by atoms with Crippen molar-refractivity contribution in [3.63, 3.8) is 0 Å². The predicted molar refractivity (Wildman–Crippen MR) is 64.5 cm³/mol. The first kappa shape index (κ1) is 12.7. The van der Waals surface area contributed by atoms with Crippen molar-refractivity contribution < 1.29 is 0 Å². The molecule has 0 saturated heterocycles. The van der Waals surface area contributed by atoms with Crippen molar-refractivity contribution in [2.24, 2.45) is 0 Å². The van der Waals surface area contributed by atoms with Crippen molar-refractivity contribution in [3.8, 4) is 0 Å². The SMILES string of the molecule is CCCCC(C)SCC(S)CC. The summed E-state index contributed by atoms with van der Waals surface area (Å²) in [5.41, 5.74) is 0. The molecule has 0 fully saturated rings. The van der Waals surface area contributed by atoms with E-state index in [1.54, 1.807) is 0 Å². The summed E-state index contributed by atoms with van der Waals surface area (Å²) in [6.07, 6.45) is 5.25. The molecule has 0 aliphatic carbocycles. The van der Waals surface area contributed by atoms with Crippen LogP contribution in [0.3, 0.4) is 0 Å². The van der Waals surface area contributed by atoms with Gasteiger partial charge in [0.15, 0.2) is 0 Å². The van der Waals surface area contributed by atoms with Crippen LogP contribution in [0.4, 0.5) is 0 Å². The number of thiol groups is 1. The molecule has 0 radical (unpaired) electrons. The van der Waals surface area contributed by atoms with Crippen molar-refractivity contribution in [1.82, 2.24) is 0 Å². The normalized spacial score (nSPS) is 16.0. The zero-order valence-corrected chi connectivity index (χ0v) is 10.3. The number of hydrogen-bond acceptors (Lipinski definition) is 2. The zero-order chi connectivity index (χ0) is 9.40. The van der Waals surface area contributed by atoms with Gasteiger partial charge in [0, 0.05) is 16.3 Å². The van der Waals surface area contributed by atoms with Gasteiger partial charge >= 0.3 is 0 Å². The Labute approximate surface area is 87.3 Å². The first-order valence-corrected chi connectivity index (χ1v) is 6.56. The standard InChI is InChI=1S/C10H22S2/c1-4-6-7-9(3)12-8-10(11)5-2/h9-11H,4-8H2,1-3H3. The molecule has 0 spiro atoms. The summed E-state index contributed by atoms with van der Waals surface area (Å²) >= 11 is 6.55. The van der Waals surface area contributed by atoms with Crippen LogP contribution in [0.5, 0.6) is 0 Å². The second-order valence-corrected chi connectivity index (χ2v) is 5.55. The number of hydrogen-bond donors (Lipinski definition) is 1. The highest BCUT2D eigenvalue weighted by atomic mass is 32.2. The molecular weight excluding hydrogens is 184 g/mol. The van der Waals surface area contributed by atoms with Crippen LogP contribution in [0, 0.1) is 0 Å². The van der Waals surface area contributed by atoms with Crippen LogP contribution in [0.2, 0.25) is 0 Å². The molecule has 12 heavy (non-hydrogen) atoms. The molecule has 0 amide bonds. The molecule has 2 atom stereocenters. The van der Waals surface area contributed by atoms with Crippen LogP contribution in [0.15, 0.2) is 0 Å². The lowest BCUT2D eigenvalue weighted by Gasteiger charge is -2.12. The van der Waals surface area contributed by atoms with Gasteiger partial charge < -0.3 is 0 Å². The summed E-state index contributed by atoms with van der Waals surface area (Å²) in [5.74, 6) is 1.21. The molecule has 0 heterocycles. The summed E-state index contributed by atoms with van der Waals surface area (Å²) in [6, 6.07) is 0. The summed E-state index contributed by atoms with van der Waals surface area (Å²) in [4.78, 5) is 0. The van der Waals surface area contributed by atoms with Crippen molar-refractivity contribution in [2.45, 2.75) is 57.0 Å². The molecule has 0 aromatic heterocycles. The van der Waals surface area contributed by atoms with Gasteiger partial charge in [0.05, 0.1) is 0 Å². The second kappa shape index (κ2) is 8.31. The summed E-state index contributed by atoms with van der Waals surface area (Å²) in [7, 11) is 0. The molecule has 0 rings (SSSR count). The first-order chi connectivity index (χ1) is 5.70. The minimum absolute atomic E-state index is 0.596. The minimum atomic E-state index is 0.596. The molecule has 0 aromatic carbocycles. The van der Waals surface area contributed by atoms with Gasteiger partial charge in [-0.2, -0.15) is 24.4 Å². The molecule has 2 unspecified atom stereocenters. The number of rotatable bonds is 7. The Balaban J connectivity index is 3.24. The van der Waals surface area contributed by atoms with Crippen LogP contribution < -0.4 is 0 Å². The van der Waals surface area contributed by atoms with Gasteiger partial charge in [-0.1, -0.05) is 33.6 Å². The van der Waals surface area contributed by atoms with Gasteiger partial charge in [-0.3, -0.25) is 0 Å². The highest BCUT2D eigenvalue weighted by Gasteiger charge is 2.05. The fourth-order valence-corrected chi connectivity index (χ4v) is 2.35. The summed E-state index contributed by atoms with van der Waals surface area (Å²) < 4.78 is 0. The number of thioether (sulfide) groups is 1. The van der Waals surface area contributed by atoms with Gasteiger partial charge in [0.25, 0.3) is 0 Å². The molecule has 0 aliphatic heterocycles. The van der Waals surface area contributed by atoms with Crippen molar-refractivity contribution in [3.05, 3.63) is 0 Å².